The average molecular weight is 491 g/mol. The molecule has 6 nitrogen and oxygen atoms in total. The molecule has 1 fully saturated rings. The van der Waals surface area contributed by atoms with Crippen molar-refractivity contribution in [1.29, 1.82) is 0 Å². The minimum atomic E-state index is -1.40. The molecule has 8 heteroatoms. The first-order chi connectivity index (χ1) is 15.8. The Hall–Kier alpha value is -2.00. The third kappa shape index (κ3) is 7.78. The average Bonchev–Trinajstić information content (AvgIpc) is 3.26. The molecule has 0 N–H and O–H groups in total. The van der Waals surface area contributed by atoms with Crippen molar-refractivity contribution >= 4 is 33.2 Å². The van der Waals surface area contributed by atoms with E-state index < -0.39 is 27.4 Å². The van der Waals surface area contributed by atoms with Crippen LogP contribution in [0, 0.1) is 13.8 Å². The number of ketones is 2. The summed E-state index contributed by atoms with van der Waals surface area (Å²) < 4.78 is 36.4. The van der Waals surface area contributed by atoms with Crippen molar-refractivity contribution in [3.63, 3.8) is 0 Å². The second-order valence-corrected chi connectivity index (χ2v) is 11.2. The molecule has 0 spiro atoms. The molecule has 1 aliphatic heterocycles. The smallest absolute Gasteiger partial charge is 0.169 e. The van der Waals surface area contributed by atoms with Gasteiger partial charge in [-0.1, -0.05) is 35.4 Å². The van der Waals surface area contributed by atoms with Crippen LogP contribution in [0.4, 0.5) is 0 Å². The van der Waals surface area contributed by atoms with Crippen LogP contribution in [0.1, 0.15) is 36.8 Å². The lowest BCUT2D eigenvalue weighted by molar-refractivity contribution is -0.171. The first-order valence-electron chi connectivity index (χ1n) is 11.0. The lowest BCUT2D eigenvalue weighted by Gasteiger charge is -2.27. The van der Waals surface area contributed by atoms with Gasteiger partial charge in [-0.2, -0.15) is 0 Å². The maximum atomic E-state index is 12.4. The summed E-state index contributed by atoms with van der Waals surface area (Å²) in [5.41, 5.74) is 2.13. The van der Waals surface area contributed by atoms with Crippen molar-refractivity contribution in [2.45, 2.75) is 55.1 Å². The quantitative estimate of drug-likeness (QED) is 0.451. The Morgan fingerprint density at radius 2 is 1.09 bits per heavy atom. The van der Waals surface area contributed by atoms with Crippen LogP contribution in [0.25, 0.3) is 0 Å². The SMILES string of the molecule is Cc1ccc(S(=O)CC(=O)CCC2(CCC(=O)CS(=O)c3ccc(C)cc3)OCCO2)cc1. The highest BCUT2D eigenvalue weighted by atomic mass is 32.2. The molecule has 0 saturated carbocycles. The third-order valence-electron chi connectivity index (χ3n) is 5.53. The predicted octanol–water partition coefficient (Wildman–Crippen LogP) is 3.66. The van der Waals surface area contributed by atoms with Crippen LogP contribution in [0.15, 0.2) is 58.3 Å². The fourth-order valence-corrected chi connectivity index (χ4v) is 5.64. The van der Waals surface area contributed by atoms with E-state index in [9.17, 15) is 18.0 Å². The largest absolute Gasteiger partial charge is 0.348 e. The van der Waals surface area contributed by atoms with Crippen LogP contribution < -0.4 is 0 Å². The van der Waals surface area contributed by atoms with Gasteiger partial charge >= 0.3 is 0 Å². The second-order valence-electron chi connectivity index (χ2n) is 8.29. The van der Waals surface area contributed by atoms with Crippen LogP contribution in [-0.2, 0) is 40.7 Å². The monoisotopic (exact) mass is 490 g/mol. The number of ether oxygens (including phenoxy) is 2. The molecule has 2 unspecified atom stereocenters. The van der Waals surface area contributed by atoms with Crippen LogP contribution >= 0.6 is 0 Å². The van der Waals surface area contributed by atoms with Crippen LogP contribution in [-0.4, -0.2) is 50.5 Å². The van der Waals surface area contributed by atoms with E-state index in [0.717, 1.165) is 11.1 Å². The number of carbonyl (C=O) groups excluding carboxylic acids is 2. The van der Waals surface area contributed by atoms with Crippen molar-refractivity contribution in [3.8, 4) is 0 Å². The Balaban J connectivity index is 1.48. The van der Waals surface area contributed by atoms with Gasteiger partial charge < -0.3 is 9.47 Å². The fourth-order valence-electron chi connectivity index (χ4n) is 3.55. The summed E-state index contributed by atoms with van der Waals surface area (Å²) >= 11 is 0. The molecule has 33 heavy (non-hydrogen) atoms. The molecule has 1 aliphatic rings. The van der Waals surface area contributed by atoms with Gasteiger partial charge in [0.1, 0.15) is 11.6 Å². The van der Waals surface area contributed by atoms with E-state index in [1.807, 2.05) is 38.1 Å². The number of benzene rings is 2. The molecule has 2 atom stereocenters. The Labute approximate surface area is 200 Å². The standard InChI is InChI=1S/C25H30O6S2/c1-19-3-7-23(8-4-19)32(28)17-21(26)11-13-25(30-15-16-31-25)14-12-22(27)18-33(29)24-9-5-20(2)6-10-24/h3-10H,11-18H2,1-2H3. The summed E-state index contributed by atoms with van der Waals surface area (Å²) in [4.78, 5) is 26.1. The Morgan fingerprint density at radius 1 is 0.727 bits per heavy atom. The van der Waals surface area contributed by atoms with E-state index in [4.69, 9.17) is 9.47 Å². The van der Waals surface area contributed by atoms with Gasteiger partial charge in [0.15, 0.2) is 5.79 Å². The summed E-state index contributed by atoms with van der Waals surface area (Å²) in [5.74, 6) is -1.40. The van der Waals surface area contributed by atoms with E-state index in [0.29, 0.717) is 35.8 Å². The lowest BCUT2D eigenvalue weighted by Crippen LogP contribution is -2.32. The van der Waals surface area contributed by atoms with Crippen molar-refractivity contribution in [1.82, 2.24) is 0 Å². The molecular weight excluding hydrogens is 460 g/mol. The third-order valence-corrected chi connectivity index (χ3v) is 8.30. The highest BCUT2D eigenvalue weighted by Crippen LogP contribution is 2.30. The Morgan fingerprint density at radius 3 is 1.45 bits per heavy atom. The molecule has 0 bridgehead atoms. The Kier molecular flexibility index (Phi) is 9.26. The molecule has 2 aromatic rings. The summed E-state index contributed by atoms with van der Waals surface area (Å²) in [6, 6.07) is 14.6. The second kappa shape index (κ2) is 11.9. The van der Waals surface area contributed by atoms with Crippen molar-refractivity contribution in [2.24, 2.45) is 0 Å². The minimum Gasteiger partial charge on any atom is -0.348 e. The molecule has 0 aliphatic carbocycles. The summed E-state index contributed by atoms with van der Waals surface area (Å²) in [6.07, 6.45) is 0.901. The van der Waals surface area contributed by atoms with Gasteiger partial charge in [-0.15, -0.1) is 0 Å². The van der Waals surface area contributed by atoms with Crippen LogP contribution in [0.2, 0.25) is 0 Å². The number of carbonyl (C=O) groups is 2. The van der Waals surface area contributed by atoms with E-state index in [1.165, 1.54) is 0 Å². The first-order valence-corrected chi connectivity index (χ1v) is 13.6. The number of Topliss-reactive ketones (excluding diaryl/α,β-unsaturated/α-hetero) is 2. The number of hydrogen-bond donors (Lipinski definition) is 0. The van der Waals surface area contributed by atoms with Gasteiger partial charge in [-0.25, -0.2) is 0 Å². The van der Waals surface area contributed by atoms with Crippen LogP contribution in [0.3, 0.4) is 0 Å². The van der Waals surface area contributed by atoms with E-state index in [1.54, 1.807) is 24.3 Å². The highest BCUT2D eigenvalue weighted by molar-refractivity contribution is 7.86. The lowest BCUT2D eigenvalue weighted by atomic mass is 10.0. The Bertz CT molecular complexity index is 931. The highest BCUT2D eigenvalue weighted by Gasteiger charge is 2.37. The number of hydrogen-bond acceptors (Lipinski definition) is 6. The summed E-state index contributed by atoms with van der Waals surface area (Å²) in [6.45, 7) is 4.69. The van der Waals surface area contributed by atoms with Gasteiger partial charge in [0.2, 0.25) is 0 Å². The summed E-state index contributed by atoms with van der Waals surface area (Å²) in [5, 5.41) is 0. The molecule has 2 aromatic carbocycles. The normalized spacial score (nSPS) is 16.9. The zero-order valence-corrected chi connectivity index (χ0v) is 20.7. The maximum absolute atomic E-state index is 12.4. The van der Waals surface area contributed by atoms with Gasteiger partial charge in [-0.05, 0) is 38.1 Å². The molecule has 1 heterocycles. The first kappa shape index (κ1) is 25.6. The molecule has 178 valence electrons. The van der Waals surface area contributed by atoms with Gasteiger partial charge in [0.05, 0.1) is 46.3 Å². The van der Waals surface area contributed by atoms with E-state index >= 15 is 0 Å². The zero-order valence-electron chi connectivity index (χ0n) is 19.0. The molecule has 0 radical (unpaired) electrons. The van der Waals surface area contributed by atoms with Crippen LogP contribution in [0.5, 0.6) is 0 Å². The molecule has 0 aromatic heterocycles. The van der Waals surface area contributed by atoms with Gasteiger partial charge in [-0.3, -0.25) is 18.0 Å². The molecule has 3 rings (SSSR count). The van der Waals surface area contributed by atoms with E-state index in [2.05, 4.69) is 0 Å². The molecular formula is C25H30O6S2. The summed E-state index contributed by atoms with van der Waals surface area (Å²) in [7, 11) is -2.79. The number of aryl methyl sites for hydroxylation is 2. The van der Waals surface area contributed by atoms with E-state index in [-0.39, 0.29) is 35.9 Å². The minimum absolute atomic E-state index is 0.0619. The van der Waals surface area contributed by atoms with Gasteiger partial charge in [0.25, 0.3) is 0 Å². The molecule has 0 amide bonds. The van der Waals surface area contributed by atoms with Crippen molar-refractivity contribution in [2.75, 3.05) is 24.7 Å². The van der Waals surface area contributed by atoms with Crippen molar-refractivity contribution in [3.05, 3.63) is 59.7 Å². The van der Waals surface area contributed by atoms with Gasteiger partial charge in [0, 0.05) is 35.5 Å². The molecule has 1 saturated heterocycles. The zero-order chi connectivity index (χ0) is 23.8. The van der Waals surface area contributed by atoms with Crippen molar-refractivity contribution < 1.29 is 27.5 Å². The number of rotatable bonds is 12. The maximum Gasteiger partial charge on any atom is 0.169 e. The predicted molar refractivity (Wildman–Crippen MR) is 128 cm³/mol. The topological polar surface area (TPSA) is 86.7 Å². The fraction of sp³-hybridized carbons (Fsp3) is 0.440.